The second-order valence-electron chi connectivity index (χ2n) is 5.79. The number of hydrogen-bond acceptors (Lipinski definition) is 7. The summed E-state index contributed by atoms with van der Waals surface area (Å²) >= 11 is 0. The van der Waals surface area contributed by atoms with Gasteiger partial charge in [0.25, 0.3) is 0 Å². The maximum atomic E-state index is 12.1. The molecule has 0 saturated carbocycles. The molecule has 0 amide bonds. The number of methoxy groups -OCH3 is 1. The van der Waals surface area contributed by atoms with E-state index in [0.29, 0.717) is 5.56 Å². The number of allylic oxidation sites excluding steroid dienone is 2. The zero-order chi connectivity index (χ0) is 17.6. The highest BCUT2D eigenvalue weighted by molar-refractivity contribution is 6.24. The van der Waals surface area contributed by atoms with Gasteiger partial charge < -0.3 is 19.7 Å². The van der Waals surface area contributed by atoms with Gasteiger partial charge in [0.2, 0.25) is 0 Å². The zero-order valence-electron chi connectivity index (χ0n) is 13.2. The first-order valence-electron chi connectivity index (χ1n) is 7.44. The number of rotatable bonds is 2. The van der Waals surface area contributed by atoms with Crippen LogP contribution in [-0.4, -0.2) is 41.0 Å². The molecule has 0 radical (unpaired) electrons. The van der Waals surface area contributed by atoms with Gasteiger partial charge in [-0.1, -0.05) is 0 Å². The van der Waals surface area contributed by atoms with E-state index in [1.165, 1.54) is 7.11 Å². The average Bonchev–Trinajstić information content (AvgIpc) is 2.54. The molecular formula is C17H16O7. The van der Waals surface area contributed by atoms with Crippen LogP contribution in [0.25, 0.3) is 0 Å². The number of phenolic OH excluding ortho intramolecular Hbond substituents is 2. The number of ketones is 2. The summed E-state index contributed by atoms with van der Waals surface area (Å²) in [6.45, 7) is 1.64. The Balaban J connectivity index is 2.14. The van der Waals surface area contributed by atoms with Gasteiger partial charge in [-0.3, -0.25) is 14.4 Å². The van der Waals surface area contributed by atoms with E-state index < -0.39 is 29.7 Å². The van der Waals surface area contributed by atoms with Gasteiger partial charge in [0, 0.05) is 17.5 Å². The van der Waals surface area contributed by atoms with E-state index in [4.69, 9.17) is 4.74 Å². The van der Waals surface area contributed by atoms with Crippen molar-refractivity contribution < 1.29 is 34.1 Å². The second kappa shape index (κ2) is 5.76. The van der Waals surface area contributed by atoms with Crippen molar-refractivity contribution >= 4 is 17.5 Å². The normalized spacial score (nSPS) is 22.1. The zero-order valence-corrected chi connectivity index (χ0v) is 13.2. The Bertz CT molecular complexity index is 791. The Morgan fingerprint density at radius 3 is 2.38 bits per heavy atom. The van der Waals surface area contributed by atoms with Crippen molar-refractivity contribution in [1.29, 1.82) is 0 Å². The number of ether oxygens (including phenoxy) is 2. The molecule has 1 aromatic rings. The highest BCUT2D eigenvalue weighted by atomic mass is 16.5. The van der Waals surface area contributed by atoms with Crippen LogP contribution in [0.4, 0.5) is 0 Å². The molecule has 0 spiro atoms. The first-order chi connectivity index (χ1) is 11.3. The summed E-state index contributed by atoms with van der Waals surface area (Å²) in [5.74, 6) is -2.27. The molecule has 1 heterocycles. The number of phenols is 2. The highest BCUT2D eigenvalue weighted by Gasteiger charge is 2.37. The molecule has 1 aliphatic heterocycles. The lowest BCUT2D eigenvalue weighted by Gasteiger charge is -2.32. The van der Waals surface area contributed by atoms with E-state index in [1.807, 2.05) is 0 Å². The second-order valence-corrected chi connectivity index (χ2v) is 5.79. The maximum absolute atomic E-state index is 12.1. The summed E-state index contributed by atoms with van der Waals surface area (Å²) in [4.78, 5) is 35.6. The van der Waals surface area contributed by atoms with Gasteiger partial charge >= 0.3 is 5.97 Å². The van der Waals surface area contributed by atoms with Gasteiger partial charge in [-0.05, 0) is 19.1 Å². The van der Waals surface area contributed by atoms with Crippen molar-refractivity contribution in [3.63, 3.8) is 0 Å². The van der Waals surface area contributed by atoms with Crippen molar-refractivity contribution in [2.75, 3.05) is 7.11 Å². The number of esters is 1. The fourth-order valence-electron chi connectivity index (χ4n) is 3.26. The molecule has 0 aromatic heterocycles. The maximum Gasteiger partial charge on any atom is 0.308 e. The highest BCUT2D eigenvalue weighted by Crippen LogP contribution is 2.46. The molecule has 24 heavy (non-hydrogen) atoms. The van der Waals surface area contributed by atoms with E-state index >= 15 is 0 Å². The molecule has 0 bridgehead atoms. The van der Waals surface area contributed by atoms with Crippen LogP contribution in [0.15, 0.2) is 12.2 Å². The number of carbonyl (C=O) groups is 3. The summed E-state index contributed by atoms with van der Waals surface area (Å²) < 4.78 is 10.3. The fraction of sp³-hybridized carbons (Fsp3) is 0.353. The Kier molecular flexibility index (Phi) is 3.88. The quantitative estimate of drug-likeness (QED) is 0.625. The van der Waals surface area contributed by atoms with Crippen molar-refractivity contribution in [2.45, 2.75) is 32.0 Å². The average molecular weight is 332 g/mol. The molecule has 7 nitrogen and oxygen atoms in total. The van der Waals surface area contributed by atoms with Gasteiger partial charge in [0.15, 0.2) is 11.6 Å². The summed E-state index contributed by atoms with van der Waals surface area (Å²) in [5, 5.41) is 21.0. The van der Waals surface area contributed by atoms with E-state index in [2.05, 4.69) is 4.74 Å². The third-order valence-electron chi connectivity index (χ3n) is 4.33. The van der Waals surface area contributed by atoms with Crippen LogP contribution in [0.5, 0.6) is 11.5 Å². The Labute approximate surface area is 137 Å². The molecule has 1 aromatic carbocycles. The number of aromatic hydroxyl groups is 2. The summed E-state index contributed by atoms with van der Waals surface area (Å²) in [6, 6.07) is 0. The van der Waals surface area contributed by atoms with Crippen LogP contribution in [-0.2, 0) is 20.7 Å². The summed E-state index contributed by atoms with van der Waals surface area (Å²) in [6.07, 6.45) is 0.994. The molecule has 0 fully saturated rings. The van der Waals surface area contributed by atoms with E-state index in [0.717, 1.165) is 12.2 Å². The Morgan fingerprint density at radius 2 is 1.79 bits per heavy atom. The first-order valence-corrected chi connectivity index (χ1v) is 7.44. The molecule has 2 N–H and O–H groups in total. The van der Waals surface area contributed by atoms with Gasteiger partial charge in [-0.15, -0.1) is 0 Å². The van der Waals surface area contributed by atoms with Gasteiger partial charge in [-0.2, -0.15) is 0 Å². The molecule has 2 atom stereocenters. The fourth-order valence-corrected chi connectivity index (χ4v) is 3.26. The minimum Gasteiger partial charge on any atom is -0.507 e. The van der Waals surface area contributed by atoms with Crippen molar-refractivity contribution in [1.82, 2.24) is 0 Å². The number of carbonyl (C=O) groups excluding carboxylic acids is 3. The third kappa shape index (κ3) is 2.37. The number of benzene rings is 1. The lowest BCUT2D eigenvalue weighted by atomic mass is 9.83. The van der Waals surface area contributed by atoms with Crippen LogP contribution in [0, 0.1) is 0 Å². The third-order valence-corrected chi connectivity index (χ3v) is 4.33. The Hall–Kier alpha value is -2.67. The van der Waals surface area contributed by atoms with Gasteiger partial charge in [0.05, 0.1) is 36.9 Å². The van der Waals surface area contributed by atoms with Gasteiger partial charge in [-0.25, -0.2) is 0 Å². The Morgan fingerprint density at radius 1 is 1.21 bits per heavy atom. The van der Waals surface area contributed by atoms with Gasteiger partial charge in [0.1, 0.15) is 11.5 Å². The topological polar surface area (TPSA) is 110 Å². The summed E-state index contributed by atoms with van der Waals surface area (Å²) in [5.41, 5.74) is 0.171. The molecule has 2 unspecified atom stereocenters. The summed E-state index contributed by atoms with van der Waals surface area (Å²) in [7, 11) is 1.26. The van der Waals surface area contributed by atoms with Crippen LogP contribution in [0.1, 0.15) is 51.3 Å². The van der Waals surface area contributed by atoms with Crippen LogP contribution < -0.4 is 0 Å². The predicted molar refractivity (Wildman–Crippen MR) is 81.2 cm³/mol. The SMILES string of the molecule is COC(=O)CC1Cc2c(O)c3c(c(O)c2C(C)O1)C(=O)C=CC3=O. The number of fused-ring (bicyclic) bond motifs is 2. The largest absolute Gasteiger partial charge is 0.507 e. The van der Waals surface area contributed by atoms with Crippen molar-refractivity contribution in [3.05, 3.63) is 34.4 Å². The molecular weight excluding hydrogens is 316 g/mol. The van der Waals surface area contributed by atoms with E-state index in [1.54, 1.807) is 6.92 Å². The smallest absolute Gasteiger partial charge is 0.308 e. The minimum absolute atomic E-state index is 0.0235. The predicted octanol–water partition coefficient (Wildman–Crippen LogP) is 1.60. The minimum atomic E-state index is -0.659. The van der Waals surface area contributed by atoms with Crippen molar-refractivity contribution in [2.24, 2.45) is 0 Å². The van der Waals surface area contributed by atoms with Crippen LogP contribution >= 0.6 is 0 Å². The van der Waals surface area contributed by atoms with Crippen LogP contribution in [0.3, 0.4) is 0 Å². The lowest BCUT2D eigenvalue weighted by Crippen LogP contribution is -2.29. The molecule has 1 aliphatic carbocycles. The van der Waals surface area contributed by atoms with E-state index in [-0.39, 0.29) is 41.0 Å². The number of hydrogen-bond donors (Lipinski definition) is 2. The van der Waals surface area contributed by atoms with Crippen LogP contribution in [0.2, 0.25) is 0 Å². The first kappa shape index (κ1) is 16.2. The standard InChI is InChI=1S/C17H16O7/c1-7-13-9(5-8(24-7)6-12(20)23-2)16(21)14-10(18)3-4-11(19)15(14)17(13)22/h3-4,7-8,21-22H,5-6H2,1-2H3. The lowest BCUT2D eigenvalue weighted by molar-refractivity contribution is -0.145. The van der Waals surface area contributed by atoms with E-state index in [9.17, 15) is 24.6 Å². The molecule has 126 valence electrons. The van der Waals surface area contributed by atoms with Crippen molar-refractivity contribution in [3.8, 4) is 11.5 Å². The molecule has 7 heteroatoms. The molecule has 0 saturated heterocycles. The molecule has 3 rings (SSSR count). The molecule has 2 aliphatic rings. The monoisotopic (exact) mass is 332 g/mol.